The Hall–Kier alpha value is -1.61. The molecule has 1 amide bonds. The second-order valence-electron chi connectivity index (χ2n) is 4.49. The summed E-state index contributed by atoms with van der Waals surface area (Å²) in [6, 6.07) is 0.956. The van der Waals surface area contributed by atoms with E-state index in [1.807, 2.05) is 0 Å². The van der Waals surface area contributed by atoms with Crippen LogP contribution in [0.5, 0.6) is 0 Å². The maximum absolute atomic E-state index is 12.1. The second kappa shape index (κ2) is 6.36. The lowest BCUT2D eigenvalue weighted by molar-refractivity contribution is -0.147. The normalized spacial score (nSPS) is 19.4. The molecule has 0 aliphatic heterocycles. The Balaban J connectivity index is 2.73. The summed E-state index contributed by atoms with van der Waals surface area (Å²) in [5.74, 6) is -1.20. The molecule has 6 heteroatoms. The number of hydrogen-bond acceptors (Lipinski definition) is 5. The summed E-state index contributed by atoms with van der Waals surface area (Å²) in [6.07, 6.45) is 3.65. The molecule has 1 saturated carbocycles. The molecule has 1 aliphatic carbocycles. The number of aliphatic hydroxyl groups is 1. The molecule has 0 radical (unpaired) electrons. The Kier molecular flexibility index (Phi) is 5.10. The number of carbonyl (C=O) groups is 2. The summed E-state index contributed by atoms with van der Waals surface area (Å²) in [5.41, 5.74) is -1.07. The molecule has 0 bridgehead atoms. The van der Waals surface area contributed by atoms with E-state index in [1.165, 1.54) is 7.11 Å². The van der Waals surface area contributed by atoms with E-state index in [-0.39, 0.29) is 0 Å². The first-order chi connectivity index (χ1) is 8.59. The molecule has 0 saturated heterocycles. The number of carbonyl (C=O) groups excluding carboxylic acids is 2. The highest BCUT2D eigenvalue weighted by Gasteiger charge is 2.41. The third kappa shape index (κ3) is 2.99. The van der Waals surface area contributed by atoms with Crippen LogP contribution in [0.25, 0.3) is 0 Å². The number of amides is 1. The number of nitrogens with zero attached hydrogens (tertiary/aromatic N) is 1. The average molecular weight is 254 g/mol. The Morgan fingerprint density at radius 1 is 1.44 bits per heavy atom. The number of rotatable bonds is 4. The van der Waals surface area contributed by atoms with Gasteiger partial charge in [0.1, 0.15) is 5.41 Å². The monoisotopic (exact) mass is 254 g/mol. The van der Waals surface area contributed by atoms with Gasteiger partial charge in [-0.25, -0.2) is 4.79 Å². The highest BCUT2D eigenvalue weighted by atomic mass is 16.5. The van der Waals surface area contributed by atoms with Gasteiger partial charge < -0.3 is 15.2 Å². The summed E-state index contributed by atoms with van der Waals surface area (Å²) in [5, 5.41) is 20.6. The van der Waals surface area contributed by atoms with Crippen molar-refractivity contribution in [3.8, 4) is 6.07 Å². The molecule has 2 N–H and O–H groups in total. The predicted octanol–water partition coefficient (Wildman–Crippen LogP) is 0.111. The van der Waals surface area contributed by atoms with E-state index in [0.717, 1.165) is 19.3 Å². The number of methoxy groups -OCH3 is 1. The lowest BCUT2D eigenvalue weighted by Gasteiger charge is -2.30. The zero-order valence-electron chi connectivity index (χ0n) is 10.4. The van der Waals surface area contributed by atoms with Crippen LogP contribution in [-0.4, -0.2) is 36.7 Å². The molecule has 1 rings (SSSR count). The van der Waals surface area contributed by atoms with Crippen LogP contribution in [0.1, 0.15) is 32.1 Å². The van der Waals surface area contributed by atoms with Crippen molar-refractivity contribution in [1.82, 2.24) is 5.32 Å². The van der Waals surface area contributed by atoms with E-state index < -0.39 is 29.9 Å². The quantitative estimate of drug-likeness (QED) is 0.694. The Morgan fingerprint density at radius 3 is 2.50 bits per heavy atom. The van der Waals surface area contributed by atoms with Gasteiger partial charge in [-0.1, -0.05) is 19.3 Å². The van der Waals surface area contributed by atoms with Crippen LogP contribution >= 0.6 is 0 Å². The summed E-state index contributed by atoms with van der Waals surface area (Å²) in [4.78, 5) is 23.4. The van der Waals surface area contributed by atoms with E-state index in [1.54, 1.807) is 0 Å². The first-order valence-electron chi connectivity index (χ1n) is 6.00. The lowest BCUT2D eigenvalue weighted by Crippen LogP contribution is -2.50. The molecule has 100 valence electrons. The summed E-state index contributed by atoms with van der Waals surface area (Å²) in [7, 11) is 1.18. The van der Waals surface area contributed by atoms with Crippen LogP contribution in [0.2, 0.25) is 0 Å². The smallest absolute Gasteiger partial charge is 0.330 e. The molecule has 6 nitrogen and oxygen atoms in total. The van der Waals surface area contributed by atoms with Gasteiger partial charge in [0.05, 0.1) is 19.8 Å². The van der Waals surface area contributed by atoms with Crippen molar-refractivity contribution in [2.45, 2.75) is 38.1 Å². The minimum Gasteiger partial charge on any atom is -0.467 e. The number of nitrogens with one attached hydrogen (secondary N) is 1. The molecule has 0 aromatic heterocycles. The van der Waals surface area contributed by atoms with Crippen LogP contribution in [-0.2, 0) is 14.3 Å². The molecule has 1 fully saturated rings. The Labute approximate surface area is 106 Å². The zero-order chi connectivity index (χ0) is 13.6. The lowest BCUT2D eigenvalue weighted by atomic mass is 9.74. The zero-order valence-corrected chi connectivity index (χ0v) is 10.4. The molecule has 0 heterocycles. The summed E-state index contributed by atoms with van der Waals surface area (Å²) < 4.78 is 4.46. The van der Waals surface area contributed by atoms with Gasteiger partial charge in [0.15, 0.2) is 6.04 Å². The fourth-order valence-corrected chi connectivity index (χ4v) is 2.16. The largest absolute Gasteiger partial charge is 0.467 e. The standard InChI is InChI=1S/C12H18N2O4/c1-18-10(16)9(7-15)14-11(17)12(8-13)5-3-2-4-6-12/h9,15H,2-7H2,1H3,(H,14,17). The van der Waals surface area contributed by atoms with Gasteiger partial charge >= 0.3 is 5.97 Å². The number of ether oxygens (including phenoxy) is 1. The Morgan fingerprint density at radius 2 is 2.06 bits per heavy atom. The van der Waals surface area contributed by atoms with E-state index in [0.29, 0.717) is 12.8 Å². The third-order valence-electron chi connectivity index (χ3n) is 3.33. The topological polar surface area (TPSA) is 99.4 Å². The number of nitriles is 1. The predicted molar refractivity (Wildman–Crippen MR) is 62.2 cm³/mol. The molecule has 1 aliphatic rings. The highest BCUT2D eigenvalue weighted by Crippen LogP contribution is 2.35. The molecule has 0 aromatic carbocycles. The van der Waals surface area contributed by atoms with Crippen LogP contribution in [0.3, 0.4) is 0 Å². The van der Waals surface area contributed by atoms with E-state index in [4.69, 9.17) is 5.11 Å². The van der Waals surface area contributed by atoms with Crippen LogP contribution in [0, 0.1) is 16.7 Å². The van der Waals surface area contributed by atoms with E-state index in [9.17, 15) is 14.9 Å². The minimum atomic E-state index is -1.10. The third-order valence-corrected chi connectivity index (χ3v) is 3.33. The van der Waals surface area contributed by atoms with Crippen molar-refractivity contribution >= 4 is 11.9 Å². The maximum atomic E-state index is 12.1. The van der Waals surface area contributed by atoms with Crippen LogP contribution in [0.15, 0.2) is 0 Å². The highest BCUT2D eigenvalue weighted by molar-refractivity contribution is 5.89. The summed E-state index contributed by atoms with van der Waals surface area (Å²) in [6.45, 7) is -0.542. The fourth-order valence-electron chi connectivity index (χ4n) is 2.16. The molecule has 0 aromatic rings. The fraction of sp³-hybridized carbons (Fsp3) is 0.750. The Bertz CT molecular complexity index is 356. The van der Waals surface area contributed by atoms with Gasteiger partial charge in [0.25, 0.3) is 0 Å². The van der Waals surface area contributed by atoms with Gasteiger partial charge in [-0.2, -0.15) is 5.26 Å². The second-order valence-corrected chi connectivity index (χ2v) is 4.49. The van der Waals surface area contributed by atoms with Crippen LogP contribution < -0.4 is 5.32 Å². The van der Waals surface area contributed by atoms with Crippen molar-refractivity contribution in [1.29, 1.82) is 5.26 Å². The first kappa shape index (κ1) is 14.5. The van der Waals surface area contributed by atoms with Crippen molar-refractivity contribution in [2.75, 3.05) is 13.7 Å². The molecule has 0 spiro atoms. The van der Waals surface area contributed by atoms with E-state index in [2.05, 4.69) is 16.1 Å². The molecule has 1 unspecified atom stereocenters. The average Bonchev–Trinajstić information content (AvgIpc) is 2.44. The summed E-state index contributed by atoms with van der Waals surface area (Å²) >= 11 is 0. The van der Waals surface area contributed by atoms with Crippen LogP contribution in [0.4, 0.5) is 0 Å². The van der Waals surface area contributed by atoms with Gasteiger partial charge in [-0.05, 0) is 12.8 Å². The number of hydrogen-bond donors (Lipinski definition) is 2. The minimum absolute atomic E-state index is 0.492. The maximum Gasteiger partial charge on any atom is 0.330 e. The molecule has 18 heavy (non-hydrogen) atoms. The SMILES string of the molecule is COC(=O)C(CO)NC(=O)C1(C#N)CCCCC1. The van der Waals surface area contributed by atoms with Crippen molar-refractivity contribution in [3.05, 3.63) is 0 Å². The number of aliphatic hydroxyl groups excluding tert-OH is 1. The van der Waals surface area contributed by atoms with Gasteiger partial charge in [-0.3, -0.25) is 4.79 Å². The first-order valence-corrected chi connectivity index (χ1v) is 6.00. The molecular weight excluding hydrogens is 236 g/mol. The van der Waals surface area contributed by atoms with Gasteiger partial charge in [0, 0.05) is 0 Å². The van der Waals surface area contributed by atoms with Crippen molar-refractivity contribution in [2.24, 2.45) is 5.41 Å². The van der Waals surface area contributed by atoms with Gasteiger partial charge in [0.2, 0.25) is 5.91 Å². The van der Waals surface area contributed by atoms with Crippen molar-refractivity contribution < 1.29 is 19.4 Å². The van der Waals surface area contributed by atoms with Crippen molar-refractivity contribution in [3.63, 3.8) is 0 Å². The molecular formula is C12H18N2O4. The molecule has 1 atom stereocenters. The van der Waals surface area contributed by atoms with Gasteiger partial charge in [-0.15, -0.1) is 0 Å². The number of esters is 1. The van der Waals surface area contributed by atoms with E-state index >= 15 is 0 Å².